The molecule has 2 aromatic carbocycles. The average Bonchev–Trinajstić information content (AvgIpc) is 2.82. The van der Waals surface area contributed by atoms with Crippen LogP contribution in [0.1, 0.15) is 41.9 Å². The van der Waals surface area contributed by atoms with Crippen molar-refractivity contribution in [3.63, 3.8) is 0 Å². The molecule has 0 amide bonds. The Labute approximate surface area is 194 Å². The Kier molecular flexibility index (Phi) is 6.27. The Morgan fingerprint density at radius 1 is 0.939 bits per heavy atom. The lowest BCUT2D eigenvalue weighted by atomic mass is 9.68. The van der Waals surface area contributed by atoms with E-state index in [1.165, 1.54) is 7.11 Å². The Hall–Kier alpha value is -3.54. The van der Waals surface area contributed by atoms with E-state index in [-0.39, 0.29) is 11.7 Å². The van der Waals surface area contributed by atoms with E-state index < -0.39 is 17.8 Å². The number of hydrogen-bond acceptors (Lipinski definition) is 6. The molecule has 2 aromatic rings. The fraction of sp³-hybridized carbons (Fsp3) is 0.333. The zero-order valence-corrected chi connectivity index (χ0v) is 19.6. The summed E-state index contributed by atoms with van der Waals surface area (Å²) in [6.07, 6.45) is 2.44. The predicted molar refractivity (Wildman–Crippen MR) is 125 cm³/mol. The van der Waals surface area contributed by atoms with Crippen molar-refractivity contribution in [1.82, 2.24) is 5.32 Å². The Bertz CT molecular complexity index is 1160. The molecule has 6 nitrogen and oxygen atoms in total. The van der Waals surface area contributed by atoms with E-state index in [9.17, 15) is 9.59 Å². The summed E-state index contributed by atoms with van der Waals surface area (Å²) in [6, 6.07) is 13.7. The maximum atomic E-state index is 13.6. The number of fused-ring (bicyclic) bond motifs is 1. The van der Waals surface area contributed by atoms with Gasteiger partial charge in [-0.25, -0.2) is 4.79 Å². The first-order valence-corrected chi connectivity index (χ1v) is 11.0. The number of ketones is 1. The molecule has 2 aliphatic rings. The van der Waals surface area contributed by atoms with Crippen LogP contribution in [0.25, 0.3) is 0 Å². The lowest BCUT2D eigenvalue weighted by Crippen LogP contribution is -2.41. The summed E-state index contributed by atoms with van der Waals surface area (Å²) in [5.41, 5.74) is 5.01. The Morgan fingerprint density at radius 3 is 2.36 bits per heavy atom. The quantitative estimate of drug-likeness (QED) is 0.685. The van der Waals surface area contributed by atoms with Gasteiger partial charge >= 0.3 is 5.97 Å². The molecule has 4 rings (SSSR count). The van der Waals surface area contributed by atoms with E-state index in [1.807, 2.05) is 56.3 Å². The second-order valence-electron chi connectivity index (χ2n) is 8.54. The minimum Gasteiger partial charge on any atom is -0.493 e. The molecule has 3 unspecified atom stereocenters. The maximum Gasteiger partial charge on any atom is 0.336 e. The highest BCUT2D eigenvalue weighted by Gasteiger charge is 2.44. The number of benzene rings is 2. The van der Waals surface area contributed by atoms with E-state index in [1.54, 1.807) is 14.2 Å². The zero-order chi connectivity index (χ0) is 23.7. The molecule has 0 saturated heterocycles. The summed E-state index contributed by atoms with van der Waals surface area (Å²) in [5, 5.41) is 3.34. The minimum atomic E-state index is -0.471. The number of allylic oxidation sites excluding steroid dienone is 3. The minimum absolute atomic E-state index is 0.0835. The van der Waals surface area contributed by atoms with Crippen molar-refractivity contribution in [2.45, 2.75) is 32.1 Å². The van der Waals surface area contributed by atoms with Crippen molar-refractivity contribution < 1.29 is 23.8 Å². The molecule has 1 aliphatic heterocycles. The maximum absolute atomic E-state index is 13.6. The highest BCUT2D eigenvalue weighted by molar-refractivity contribution is 5.96. The number of hydrogen-bond donors (Lipinski definition) is 1. The van der Waals surface area contributed by atoms with Gasteiger partial charge in [0.05, 0.1) is 32.8 Å². The second-order valence-corrected chi connectivity index (χ2v) is 8.54. The van der Waals surface area contributed by atoms with E-state index in [2.05, 4.69) is 11.4 Å². The van der Waals surface area contributed by atoms with E-state index in [0.717, 1.165) is 22.4 Å². The van der Waals surface area contributed by atoms with Gasteiger partial charge < -0.3 is 19.5 Å². The van der Waals surface area contributed by atoms with Crippen LogP contribution in [0.2, 0.25) is 0 Å². The molecule has 6 heteroatoms. The van der Waals surface area contributed by atoms with Gasteiger partial charge in [0, 0.05) is 29.7 Å². The number of aryl methyl sites for hydroxylation is 1. The number of Topliss-reactive ketones (excluding diaryl/α,β-unsaturated/α-hetero) is 1. The van der Waals surface area contributed by atoms with Gasteiger partial charge in [0.25, 0.3) is 0 Å². The lowest BCUT2D eigenvalue weighted by molar-refractivity contribution is -0.136. The van der Waals surface area contributed by atoms with Crippen LogP contribution in [0, 0.1) is 12.8 Å². The van der Waals surface area contributed by atoms with Crippen molar-refractivity contribution in [2.75, 3.05) is 21.3 Å². The average molecular weight is 448 g/mol. The number of rotatable bonds is 5. The molecule has 0 bridgehead atoms. The zero-order valence-electron chi connectivity index (χ0n) is 19.6. The summed E-state index contributed by atoms with van der Waals surface area (Å²) < 4.78 is 15.9. The molecule has 0 aromatic heterocycles. The molecule has 33 heavy (non-hydrogen) atoms. The molecule has 0 spiro atoms. The largest absolute Gasteiger partial charge is 0.493 e. The fourth-order valence-electron chi connectivity index (χ4n) is 4.98. The van der Waals surface area contributed by atoms with E-state index >= 15 is 0 Å². The van der Waals surface area contributed by atoms with Crippen molar-refractivity contribution >= 4 is 11.8 Å². The molecule has 0 fully saturated rings. The van der Waals surface area contributed by atoms with Gasteiger partial charge in [-0.2, -0.15) is 0 Å². The summed E-state index contributed by atoms with van der Waals surface area (Å²) in [4.78, 5) is 26.4. The van der Waals surface area contributed by atoms with Crippen LogP contribution in [0.3, 0.4) is 0 Å². The fourth-order valence-corrected chi connectivity index (χ4v) is 4.98. The van der Waals surface area contributed by atoms with Gasteiger partial charge in [-0.3, -0.25) is 4.79 Å². The topological polar surface area (TPSA) is 73.9 Å². The molecule has 1 N–H and O–H groups in total. The SMILES string of the molecule is COC(=O)C1=C(C)NC2=CC(c3ccc(OC)c(OC)c3)CC(=O)C2C1c1cccc(C)c1. The monoisotopic (exact) mass is 447 g/mol. The molecule has 0 radical (unpaired) electrons. The Balaban J connectivity index is 1.81. The van der Waals surface area contributed by atoms with Crippen LogP contribution in [0.5, 0.6) is 11.5 Å². The highest BCUT2D eigenvalue weighted by Crippen LogP contribution is 2.46. The lowest BCUT2D eigenvalue weighted by Gasteiger charge is -2.39. The molecule has 0 saturated carbocycles. The number of esters is 1. The molecule has 1 heterocycles. The number of nitrogens with one attached hydrogen (secondary N) is 1. The predicted octanol–water partition coefficient (Wildman–Crippen LogP) is 4.40. The summed E-state index contributed by atoms with van der Waals surface area (Å²) in [7, 11) is 4.57. The number of ether oxygens (including phenoxy) is 3. The smallest absolute Gasteiger partial charge is 0.336 e. The van der Waals surface area contributed by atoms with Crippen molar-refractivity contribution in [3.05, 3.63) is 82.2 Å². The van der Waals surface area contributed by atoms with Crippen LogP contribution in [-0.2, 0) is 14.3 Å². The van der Waals surface area contributed by atoms with Gasteiger partial charge in [-0.1, -0.05) is 42.0 Å². The van der Waals surface area contributed by atoms with Gasteiger partial charge in [0.1, 0.15) is 5.78 Å². The number of carbonyl (C=O) groups excluding carboxylic acids is 2. The van der Waals surface area contributed by atoms with Crippen molar-refractivity contribution in [1.29, 1.82) is 0 Å². The molecule has 3 atom stereocenters. The second kappa shape index (κ2) is 9.14. The highest BCUT2D eigenvalue weighted by atomic mass is 16.5. The van der Waals surface area contributed by atoms with Crippen LogP contribution >= 0.6 is 0 Å². The first kappa shape index (κ1) is 22.6. The first-order valence-electron chi connectivity index (χ1n) is 11.0. The third-order valence-electron chi connectivity index (χ3n) is 6.51. The van der Waals surface area contributed by atoms with Crippen LogP contribution < -0.4 is 14.8 Å². The standard InChI is InChI=1S/C27H29NO5/c1-15-7-6-8-18(11-15)25-24(27(30)33-5)16(2)28-20-12-19(13-21(29)26(20)25)17-9-10-22(31-3)23(14-17)32-4/h6-12,14,19,25-26,28H,13H2,1-5H3. The molecule has 1 aliphatic carbocycles. The summed E-state index contributed by atoms with van der Waals surface area (Å²) in [6.45, 7) is 3.86. The third kappa shape index (κ3) is 4.13. The number of methoxy groups -OCH3 is 3. The first-order chi connectivity index (χ1) is 15.9. The third-order valence-corrected chi connectivity index (χ3v) is 6.51. The Morgan fingerprint density at radius 2 is 1.70 bits per heavy atom. The van der Waals surface area contributed by atoms with E-state index in [4.69, 9.17) is 14.2 Å². The summed E-state index contributed by atoms with van der Waals surface area (Å²) >= 11 is 0. The molecular formula is C27H29NO5. The van der Waals surface area contributed by atoms with Crippen LogP contribution in [-0.4, -0.2) is 33.1 Å². The van der Waals surface area contributed by atoms with Gasteiger partial charge in [-0.15, -0.1) is 0 Å². The van der Waals surface area contributed by atoms with E-state index in [0.29, 0.717) is 29.2 Å². The van der Waals surface area contributed by atoms with Crippen LogP contribution in [0.4, 0.5) is 0 Å². The molecule has 172 valence electrons. The normalized spacial score (nSPS) is 22.2. The number of carbonyl (C=O) groups is 2. The van der Waals surface area contributed by atoms with Gasteiger partial charge in [0.2, 0.25) is 0 Å². The van der Waals surface area contributed by atoms with Crippen LogP contribution in [0.15, 0.2) is 65.5 Å². The van der Waals surface area contributed by atoms with Gasteiger partial charge in [-0.05, 0) is 37.1 Å². The summed E-state index contributed by atoms with van der Waals surface area (Å²) in [5.74, 6) is -0.0427. The van der Waals surface area contributed by atoms with Gasteiger partial charge in [0.15, 0.2) is 11.5 Å². The molecular weight excluding hydrogens is 418 g/mol. The van der Waals surface area contributed by atoms with Crippen molar-refractivity contribution in [3.8, 4) is 11.5 Å². The van der Waals surface area contributed by atoms with Crippen molar-refractivity contribution in [2.24, 2.45) is 5.92 Å².